The molecule has 0 aromatic heterocycles. The van der Waals surface area contributed by atoms with Crippen molar-refractivity contribution in [3.05, 3.63) is 12.2 Å². The summed E-state index contributed by atoms with van der Waals surface area (Å²) in [4.78, 5) is 0. The van der Waals surface area contributed by atoms with Gasteiger partial charge in [-0.1, -0.05) is 76.9 Å². The van der Waals surface area contributed by atoms with Crippen molar-refractivity contribution in [2.75, 3.05) is 33.0 Å². The highest BCUT2D eigenvalue weighted by atomic mass is 16.6. The fraction of sp³-hybridized carbons (Fsp3) is 0.917. The highest BCUT2D eigenvalue weighted by Gasteiger charge is 1.94. The maximum atomic E-state index is 8.66. The molecule has 164 valence electrons. The van der Waals surface area contributed by atoms with Gasteiger partial charge < -0.3 is 14.6 Å². The lowest BCUT2D eigenvalue weighted by molar-refractivity contribution is 0.162. The summed E-state index contributed by atoms with van der Waals surface area (Å²) in [6.07, 6.45) is 23.2. The predicted molar refractivity (Wildman–Crippen MR) is 120 cm³/mol. The molecule has 3 nitrogen and oxygen atoms in total. The Morgan fingerprint density at radius 2 is 1.07 bits per heavy atom. The van der Waals surface area contributed by atoms with Crippen molar-refractivity contribution in [3.63, 3.8) is 0 Å². The minimum Gasteiger partial charge on any atom is -0.396 e. The second-order valence-electron chi connectivity index (χ2n) is 7.06. The molecule has 27 heavy (non-hydrogen) atoms. The molecule has 0 aliphatic carbocycles. The van der Waals surface area contributed by atoms with Crippen LogP contribution in [0.4, 0.5) is 0 Å². The van der Waals surface area contributed by atoms with Crippen LogP contribution in [0, 0.1) is 0 Å². The van der Waals surface area contributed by atoms with Crippen LogP contribution in [-0.2, 0) is 9.47 Å². The van der Waals surface area contributed by atoms with E-state index in [-0.39, 0.29) is 0 Å². The Morgan fingerprint density at radius 1 is 0.667 bits per heavy atom. The van der Waals surface area contributed by atoms with Crippen molar-refractivity contribution >= 4 is 0 Å². The Kier molecular flexibility index (Phi) is 32.4. The van der Waals surface area contributed by atoms with Crippen LogP contribution < -0.4 is 0 Å². The number of epoxide rings is 1. The number of unbranched alkanes of at least 4 members (excludes halogenated alkanes) is 12. The Balaban J connectivity index is 0. The van der Waals surface area contributed by atoms with Gasteiger partial charge in [-0.25, -0.2) is 0 Å². The average Bonchev–Trinajstić information content (AvgIpc) is 3.55. The molecule has 0 amide bonds. The molecule has 1 aliphatic rings. The van der Waals surface area contributed by atoms with Crippen molar-refractivity contribution in [2.45, 2.75) is 111 Å². The van der Waals surface area contributed by atoms with Crippen LogP contribution in [-0.4, -0.2) is 38.1 Å². The van der Waals surface area contributed by atoms with Crippen LogP contribution in [0.15, 0.2) is 12.2 Å². The molecule has 1 rings (SSSR count). The zero-order chi connectivity index (χ0) is 20.3. The van der Waals surface area contributed by atoms with Gasteiger partial charge in [-0.2, -0.15) is 0 Å². The zero-order valence-corrected chi connectivity index (χ0v) is 18.9. The Labute approximate surface area is 170 Å². The van der Waals surface area contributed by atoms with Crippen LogP contribution >= 0.6 is 0 Å². The van der Waals surface area contributed by atoms with Gasteiger partial charge in [0, 0.05) is 19.8 Å². The molecule has 3 heteroatoms. The molecule has 0 aromatic rings. The third-order valence-electron chi connectivity index (χ3n) is 4.28. The summed E-state index contributed by atoms with van der Waals surface area (Å²) in [7, 11) is 0. The number of hydrogen-bond donors (Lipinski definition) is 1. The molecular formula is C24H50O3. The van der Waals surface area contributed by atoms with E-state index in [4.69, 9.17) is 9.84 Å². The number of allylic oxidation sites excluding steroid dienone is 2. The predicted octanol–water partition coefficient (Wildman–Crippen LogP) is 7.08. The summed E-state index contributed by atoms with van der Waals surface area (Å²) in [6, 6.07) is 0. The highest BCUT2D eigenvalue weighted by Crippen LogP contribution is 2.09. The van der Waals surface area contributed by atoms with Crippen molar-refractivity contribution in [1.82, 2.24) is 0 Å². The highest BCUT2D eigenvalue weighted by molar-refractivity contribution is 4.81. The van der Waals surface area contributed by atoms with Gasteiger partial charge in [0.25, 0.3) is 0 Å². The van der Waals surface area contributed by atoms with Crippen LogP contribution in [0.1, 0.15) is 111 Å². The number of rotatable bonds is 17. The van der Waals surface area contributed by atoms with Gasteiger partial charge in [0.05, 0.1) is 13.2 Å². The molecule has 0 atom stereocenters. The van der Waals surface area contributed by atoms with Crippen LogP contribution in [0.2, 0.25) is 0 Å². The standard InChI is InChI=1S/C18H36O.C4H10O.C2H4O/c1-2-3-4-5-6-7-8-9-10-11-12-13-14-15-16-17-18-19;1-3-5-4-2;1-2-3-1/h9-10,19H,2-8,11-18H2,1H3;3-4H2,1-2H3;1-2H2/b10-9-;;. The third-order valence-corrected chi connectivity index (χ3v) is 4.28. The summed E-state index contributed by atoms with van der Waals surface area (Å²) < 4.78 is 9.33. The van der Waals surface area contributed by atoms with E-state index in [0.717, 1.165) is 32.8 Å². The van der Waals surface area contributed by atoms with Gasteiger partial charge >= 0.3 is 0 Å². The van der Waals surface area contributed by atoms with E-state index < -0.39 is 0 Å². The number of aliphatic hydroxyl groups is 1. The second kappa shape index (κ2) is 30.4. The normalized spacial score (nSPS) is 12.3. The zero-order valence-electron chi connectivity index (χ0n) is 18.9. The smallest absolute Gasteiger partial charge is 0.0701 e. The molecule has 1 heterocycles. The van der Waals surface area contributed by atoms with Crippen molar-refractivity contribution in [2.24, 2.45) is 0 Å². The van der Waals surface area contributed by atoms with E-state index in [2.05, 4.69) is 23.8 Å². The number of aliphatic hydroxyl groups excluding tert-OH is 1. The first-order chi connectivity index (χ1) is 13.3. The van der Waals surface area contributed by atoms with E-state index in [1.165, 1.54) is 83.5 Å². The van der Waals surface area contributed by atoms with Crippen LogP contribution in [0.3, 0.4) is 0 Å². The molecule has 0 aromatic carbocycles. The number of ether oxygens (including phenoxy) is 2. The van der Waals surface area contributed by atoms with Gasteiger partial charge in [0.15, 0.2) is 0 Å². The van der Waals surface area contributed by atoms with E-state index in [1.54, 1.807) is 0 Å². The molecule has 0 saturated carbocycles. The fourth-order valence-electron chi connectivity index (χ4n) is 2.56. The molecule has 1 saturated heterocycles. The minimum atomic E-state index is 0.362. The number of hydrogen-bond acceptors (Lipinski definition) is 3. The summed E-state index contributed by atoms with van der Waals surface area (Å²) >= 11 is 0. The van der Waals surface area contributed by atoms with E-state index >= 15 is 0 Å². The Morgan fingerprint density at radius 3 is 1.41 bits per heavy atom. The van der Waals surface area contributed by atoms with E-state index in [0.29, 0.717) is 6.61 Å². The first-order valence-electron chi connectivity index (χ1n) is 11.7. The summed E-state index contributed by atoms with van der Waals surface area (Å²) in [5.74, 6) is 0. The SMILES string of the molecule is C1CO1.CCCCCCCC/C=C\CCCCCCCCO.CCOCC. The molecule has 0 unspecified atom stereocenters. The van der Waals surface area contributed by atoms with Crippen molar-refractivity contribution < 1.29 is 14.6 Å². The van der Waals surface area contributed by atoms with Crippen LogP contribution in [0.25, 0.3) is 0 Å². The topological polar surface area (TPSA) is 42.0 Å². The van der Waals surface area contributed by atoms with E-state index in [1.807, 2.05) is 13.8 Å². The molecule has 1 N–H and O–H groups in total. The second-order valence-corrected chi connectivity index (χ2v) is 7.06. The van der Waals surface area contributed by atoms with Crippen LogP contribution in [0.5, 0.6) is 0 Å². The maximum Gasteiger partial charge on any atom is 0.0701 e. The van der Waals surface area contributed by atoms with Gasteiger partial charge in [0.1, 0.15) is 0 Å². The maximum absolute atomic E-state index is 8.66. The molecule has 1 fully saturated rings. The largest absolute Gasteiger partial charge is 0.396 e. The van der Waals surface area contributed by atoms with Gasteiger partial charge in [-0.05, 0) is 46.0 Å². The molecular weight excluding hydrogens is 336 g/mol. The summed E-state index contributed by atoms with van der Waals surface area (Å²) in [5.41, 5.74) is 0. The van der Waals surface area contributed by atoms with Crippen molar-refractivity contribution in [1.29, 1.82) is 0 Å². The third kappa shape index (κ3) is 41.2. The molecule has 0 bridgehead atoms. The lowest BCUT2D eigenvalue weighted by Crippen LogP contribution is -1.84. The fourth-order valence-corrected chi connectivity index (χ4v) is 2.56. The van der Waals surface area contributed by atoms with Gasteiger partial charge in [0.2, 0.25) is 0 Å². The quantitative estimate of drug-likeness (QED) is 0.165. The Hall–Kier alpha value is -0.380. The monoisotopic (exact) mass is 386 g/mol. The molecule has 0 spiro atoms. The Bertz CT molecular complexity index is 247. The molecule has 1 aliphatic heterocycles. The lowest BCUT2D eigenvalue weighted by Gasteiger charge is -1.99. The summed E-state index contributed by atoms with van der Waals surface area (Å²) in [5, 5.41) is 8.66. The van der Waals surface area contributed by atoms with Crippen molar-refractivity contribution in [3.8, 4) is 0 Å². The lowest BCUT2D eigenvalue weighted by atomic mass is 10.1. The first-order valence-corrected chi connectivity index (χ1v) is 11.7. The summed E-state index contributed by atoms with van der Waals surface area (Å²) in [6.45, 7) is 10.3. The van der Waals surface area contributed by atoms with E-state index in [9.17, 15) is 0 Å². The average molecular weight is 387 g/mol. The minimum absolute atomic E-state index is 0.362. The first kappa shape index (κ1) is 28.8. The van der Waals surface area contributed by atoms with Gasteiger partial charge in [-0.3, -0.25) is 0 Å². The molecule has 0 radical (unpaired) electrons. The van der Waals surface area contributed by atoms with Gasteiger partial charge in [-0.15, -0.1) is 0 Å².